The Bertz CT molecular complexity index is 981. The van der Waals surface area contributed by atoms with Crippen LogP contribution in [0.2, 0.25) is 5.02 Å². The summed E-state index contributed by atoms with van der Waals surface area (Å²) in [5.41, 5.74) is -0.461. The normalized spacial score (nSPS) is 27.4. The summed E-state index contributed by atoms with van der Waals surface area (Å²) in [7, 11) is 0. The number of halogens is 4. The van der Waals surface area contributed by atoms with Gasteiger partial charge in [0.15, 0.2) is 17.5 Å². The number of thioether (sulfide) groups is 1. The summed E-state index contributed by atoms with van der Waals surface area (Å²) >= 11 is 7.97. The van der Waals surface area contributed by atoms with Gasteiger partial charge < -0.3 is 10.4 Å². The first-order valence-corrected chi connectivity index (χ1v) is 11.6. The molecule has 2 aromatic rings. The quantitative estimate of drug-likeness (QED) is 0.496. The number of fused-ring (bicyclic) bond motifs is 2. The largest absolute Gasteiger partial charge is 0.389 e. The van der Waals surface area contributed by atoms with E-state index in [0.717, 1.165) is 49.1 Å². The van der Waals surface area contributed by atoms with Crippen molar-refractivity contribution in [1.82, 2.24) is 0 Å². The van der Waals surface area contributed by atoms with E-state index in [0.29, 0.717) is 10.3 Å². The molecule has 4 rings (SSSR count). The fourth-order valence-electron chi connectivity index (χ4n) is 5.03. The molecule has 0 aromatic heterocycles. The molecule has 0 spiro atoms. The zero-order valence-electron chi connectivity index (χ0n) is 16.9. The minimum Gasteiger partial charge on any atom is -0.389 e. The number of aliphatic hydroxyl groups is 1. The molecule has 3 unspecified atom stereocenters. The minimum absolute atomic E-state index is 0.173. The number of benzene rings is 2. The summed E-state index contributed by atoms with van der Waals surface area (Å²) in [6.45, 7) is 2.04. The highest BCUT2D eigenvalue weighted by molar-refractivity contribution is 8.00. The van der Waals surface area contributed by atoms with Gasteiger partial charge in [-0.15, -0.1) is 11.8 Å². The summed E-state index contributed by atoms with van der Waals surface area (Å²) < 4.78 is 40.0. The van der Waals surface area contributed by atoms with Crippen LogP contribution in [-0.2, 0) is 0 Å². The number of rotatable bonds is 5. The molecule has 4 atom stereocenters. The number of anilines is 1. The predicted octanol–water partition coefficient (Wildman–Crippen LogP) is 6.43. The van der Waals surface area contributed by atoms with E-state index in [1.807, 2.05) is 6.92 Å². The molecule has 0 saturated heterocycles. The van der Waals surface area contributed by atoms with E-state index in [-0.39, 0.29) is 23.1 Å². The van der Waals surface area contributed by atoms with Crippen molar-refractivity contribution >= 4 is 35.0 Å². The summed E-state index contributed by atoms with van der Waals surface area (Å²) in [6, 6.07) is 6.26. The van der Waals surface area contributed by atoms with Gasteiger partial charge in [-0.25, -0.2) is 13.2 Å². The molecule has 0 aliphatic heterocycles. The van der Waals surface area contributed by atoms with Crippen molar-refractivity contribution < 1.29 is 23.1 Å². The number of carbonyl (C=O) groups excluding carboxylic acids is 1. The molecule has 2 fully saturated rings. The highest BCUT2D eigenvalue weighted by Gasteiger charge is 2.52. The molecule has 0 radical (unpaired) electrons. The van der Waals surface area contributed by atoms with Crippen molar-refractivity contribution in [3.05, 3.63) is 58.4 Å². The lowest BCUT2D eigenvalue weighted by molar-refractivity contribution is -0.0604. The number of amides is 1. The van der Waals surface area contributed by atoms with Crippen LogP contribution in [0.25, 0.3) is 0 Å². The Balaban J connectivity index is 1.48. The van der Waals surface area contributed by atoms with Gasteiger partial charge in [-0.05, 0) is 62.1 Å². The average molecular weight is 470 g/mol. The maximum atomic E-state index is 13.4. The Morgan fingerprint density at radius 1 is 1.16 bits per heavy atom. The third kappa shape index (κ3) is 4.32. The molecule has 2 aromatic carbocycles. The molecule has 166 valence electrons. The standard InChI is InChI=1S/C23H23ClF3NO2S/c1-2-23(30)13-4-5-14(23)9-16(8-13)31-20-7-12(3-6-17(20)24)22(29)28-15-10-18(25)21(27)19(26)11-15/h3,6-7,10-11,13-14,16,30H,2,4-5,8-9H2,1H3,(H,28,29)/t13-,14?,16?,23?/m0/s1. The van der Waals surface area contributed by atoms with Crippen LogP contribution >= 0.6 is 23.4 Å². The van der Waals surface area contributed by atoms with Gasteiger partial charge in [0.1, 0.15) is 0 Å². The van der Waals surface area contributed by atoms with Crippen LogP contribution in [0.15, 0.2) is 35.2 Å². The third-order valence-corrected chi connectivity index (χ3v) is 8.42. The van der Waals surface area contributed by atoms with E-state index < -0.39 is 29.0 Å². The second kappa shape index (κ2) is 8.68. The zero-order chi connectivity index (χ0) is 22.3. The van der Waals surface area contributed by atoms with Crippen LogP contribution in [-0.4, -0.2) is 21.9 Å². The molecular weight excluding hydrogens is 447 g/mol. The molecule has 2 aliphatic carbocycles. The first-order chi connectivity index (χ1) is 14.7. The van der Waals surface area contributed by atoms with E-state index in [1.54, 1.807) is 23.9 Å². The van der Waals surface area contributed by atoms with Crippen LogP contribution in [0.5, 0.6) is 0 Å². The molecule has 2 aliphatic rings. The fraction of sp³-hybridized carbons (Fsp3) is 0.435. The van der Waals surface area contributed by atoms with Gasteiger partial charge in [-0.2, -0.15) is 0 Å². The highest BCUT2D eigenvalue weighted by atomic mass is 35.5. The monoisotopic (exact) mass is 469 g/mol. The number of carbonyl (C=O) groups is 1. The lowest BCUT2D eigenvalue weighted by Crippen LogP contribution is -2.45. The van der Waals surface area contributed by atoms with E-state index in [9.17, 15) is 23.1 Å². The van der Waals surface area contributed by atoms with Gasteiger partial charge in [-0.3, -0.25) is 4.79 Å². The van der Waals surface area contributed by atoms with E-state index in [2.05, 4.69) is 5.32 Å². The maximum Gasteiger partial charge on any atom is 0.255 e. The molecule has 31 heavy (non-hydrogen) atoms. The Hall–Kier alpha value is -1.70. The summed E-state index contributed by atoms with van der Waals surface area (Å²) in [4.78, 5) is 13.3. The van der Waals surface area contributed by atoms with E-state index in [4.69, 9.17) is 11.6 Å². The maximum absolute atomic E-state index is 13.4. The lowest BCUT2D eigenvalue weighted by Gasteiger charge is -2.42. The first kappa shape index (κ1) is 22.5. The van der Waals surface area contributed by atoms with Crippen molar-refractivity contribution in [2.45, 2.75) is 54.8 Å². The van der Waals surface area contributed by atoms with Gasteiger partial charge in [0.05, 0.1) is 10.6 Å². The van der Waals surface area contributed by atoms with Crippen LogP contribution in [0, 0.1) is 29.3 Å². The second-order valence-corrected chi connectivity index (χ2v) is 10.1. The molecule has 2 saturated carbocycles. The smallest absolute Gasteiger partial charge is 0.255 e. The van der Waals surface area contributed by atoms with Crippen molar-refractivity contribution in [3.8, 4) is 0 Å². The third-order valence-electron chi connectivity index (χ3n) is 6.67. The Labute approximate surface area is 188 Å². The second-order valence-electron chi connectivity index (χ2n) is 8.38. The van der Waals surface area contributed by atoms with Crippen molar-refractivity contribution in [1.29, 1.82) is 0 Å². The van der Waals surface area contributed by atoms with Crippen LogP contribution < -0.4 is 5.32 Å². The van der Waals surface area contributed by atoms with Gasteiger partial charge in [-0.1, -0.05) is 18.5 Å². The lowest BCUT2D eigenvalue weighted by atomic mass is 9.73. The Morgan fingerprint density at radius 2 is 1.77 bits per heavy atom. The molecule has 2 N–H and O–H groups in total. The number of hydrogen-bond acceptors (Lipinski definition) is 3. The summed E-state index contributed by atoms with van der Waals surface area (Å²) in [6.07, 6.45) is 4.62. The molecule has 8 heteroatoms. The SMILES string of the molecule is CCC1(O)C2CC[C@H]1CC(Sc1cc(C(=O)Nc3cc(F)c(F)c(F)c3)ccc1Cl)C2. The minimum atomic E-state index is -1.58. The van der Waals surface area contributed by atoms with Crippen LogP contribution in [0.4, 0.5) is 18.9 Å². The van der Waals surface area contributed by atoms with E-state index in [1.165, 1.54) is 6.07 Å². The first-order valence-electron chi connectivity index (χ1n) is 10.4. The average Bonchev–Trinajstić information content (AvgIpc) is 2.90. The number of nitrogens with one attached hydrogen (secondary N) is 1. The van der Waals surface area contributed by atoms with Gasteiger partial charge >= 0.3 is 0 Å². The summed E-state index contributed by atoms with van der Waals surface area (Å²) in [5.74, 6) is -4.35. The number of hydrogen-bond donors (Lipinski definition) is 2. The van der Waals surface area contributed by atoms with E-state index >= 15 is 0 Å². The van der Waals surface area contributed by atoms with Crippen LogP contribution in [0.3, 0.4) is 0 Å². The van der Waals surface area contributed by atoms with Crippen LogP contribution in [0.1, 0.15) is 49.4 Å². The van der Waals surface area contributed by atoms with Crippen molar-refractivity contribution in [2.75, 3.05) is 5.32 Å². The Morgan fingerprint density at radius 3 is 2.35 bits per heavy atom. The predicted molar refractivity (Wildman–Crippen MR) is 116 cm³/mol. The van der Waals surface area contributed by atoms with Gasteiger partial charge in [0.2, 0.25) is 0 Å². The summed E-state index contributed by atoms with van der Waals surface area (Å²) in [5, 5.41) is 14.2. The van der Waals surface area contributed by atoms with Crippen molar-refractivity contribution in [3.63, 3.8) is 0 Å². The Kier molecular flexibility index (Phi) is 6.30. The molecular formula is C23H23ClF3NO2S. The molecule has 3 nitrogen and oxygen atoms in total. The highest BCUT2D eigenvalue weighted by Crippen LogP contribution is 2.54. The molecule has 2 bridgehead atoms. The fourth-order valence-corrected chi connectivity index (χ4v) is 6.67. The topological polar surface area (TPSA) is 49.3 Å². The van der Waals surface area contributed by atoms with Gasteiger partial charge in [0.25, 0.3) is 5.91 Å². The molecule has 0 heterocycles. The van der Waals surface area contributed by atoms with Crippen molar-refractivity contribution in [2.24, 2.45) is 11.8 Å². The van der Waals surface area contributed by atoms with Gasteiger partial charge in [0, 0.05) is 33.5 Å². The zero-order valence-corrected chi connectivity index (χ0v) is 18.5. The molecule has 1 amide bonds.